The van der Waals surface area contributed by atoms with E-state index in [0.717, 1.165) is 11.1 Å². The van der Waals surface area contributed by atoms with E-state index >= 15 is 0 Å². The molecule has 2 amide bonds. The minimum absolute atomic E-state index is 0.00947. The summed E-state index contributed by atoms with van der Waals surface area (Å²) in [5.74, 6) is -1.53. The van der Waals surface area contributed by atoms with Crippen molar-refractivity contribution in [1.29, 1.82) is 0 Å². The largest absolute Gasteiger partial charge is 0.459 e. The van der Waals surface area contributed by atoms with Gasteiger partial charge in [-0.25, -0.2) is 9.59 Å². The highest BCUT2D eigenvalue weighted by Gasteiger charge is 2.41. The Balaban J connectivity index is 1.47. The fraction of sp³-hybridized carbons (Fsp3) is 0.304. The van der Waals surface area contributed by atoms with Gasteiger partial charge in [-0.3, -0.25) is 9.59 Å². The Morgan fingerprint density at radius 2 is 1.48 bits per heavy atom. The van der Waals surface area contributed by atoms with Crippen molar-refractivity contribution in [2.75, 3.05) is 13.1 Å². The van der Waals surface area contributed by atoms with Crippen LogP contribution < -0.4 is 5.32 Å². The molecule has 1 heterocycles. The van der Waals surface area contributed by atoms with Gasteiger partial charge in [0.25, 0.3) is 0 Å². The van der Waals surface area contributed by atoms with Gasteiger partial charge < -0.3 is 19.7 Å². The lowest BCUT2D eigenvalue weighted by molar-refractivity contribution is -0.164. The van der Waals surface area contributed by atoms with Crippen molar-refractivity contribution in [2.45, 2.75) is 32.1 Å². The van der Waals surface area contributed by atoms with E-state index in [-0.39, 0.29) is 32.1 Å². The Hall–Kier alpha value is -3.68. The van der Waals surface area contributed by atoms with Crippen LogP contribution in [0.2, 0.25) is 0 Å². The van der Waals surface area contributed by atoms with E-state index < -0.39 is 23.9 Å². The molecule has 1 aliphatic rings. The van der Waals surface area contributed by atoms with Crippen molar-refractivity contribution in [1.82, 2.24) is 10.2 Å². The van der Waals surface area contributed by atoms with Crippen LogP contribution in [0.1, 0.15) is 24.0 Å². The summed E-state index contributed by atoms with van der Waals surface area (Å²) in [6.07, 6.45) is -0.505. The molecule has 1 saturated heterocycles. The Kier molecular flexibility index (Phi) is 7.75. The van der Waals surface area contributed by atoms with Crippen LogP contribution in [0.4, 0.5) is 4.79 Å². The highest BCUT2D eigenvalue weighted by molar-refractivity contribution is 6.06. The molecule has 1 unspecified atom stereocenters. The van der Waals surface area contributed by atoms with E-state index in [2.05, 4.69) is 5.32 Å². The van der Waals surface area contributed by atoms with Crippen molar-refractivity contribution < 1.29 is 28.7 Å². The van der Waals surface area contributed by atoms with Gasteiger partial charge in [0.2, 0.25) is 5.91 Å². The monoisotopic (exact) mass is 424 g/mol. The van der Waals surface area contributed by atoms with Crippen molar-refractivity contribution in [3.8, 4) is 0 Å². The number of likely N-dealkylation sites (tertiary alicyclic amines) is 1. The molecule has 0 aliphatic carbocycles. The smallest absolute Gasteiger partial charge is 0.407 e. The summed E-state index contributed by atoms with van der Waals surface area (Å²) in [7, 11) is 0. The Bertz CT molecular complexity index is 916. The lowest BCUT2D eigenvalue weighted by Gasteiger charge is -2.35. The summed E-state index contributed by atoms with van der Waals surface area (Å²) in [6, 6.07) is 16.9. The van der Waals surface area contributed by atoms with E-state index in [4.69, 9.17) is 9.47 Å². The van der Waals surface area contributed by atoms with Gasteiger partial charge in [0.15, 0.2) is 11.8 Å². The first kappa shape index (κ1) is 22.0. The number of nitrogens with one attached hydrogen (secondary N) is 1. The number of esters is 1. The molecular weight excluding hydrogens is 400 g/mol. The molecule has 2 aromatic carbocycles. The predicted molar refractivity (Wildman–Crippen MR) is 111 cm³/mol. The molecular formula is C23H24N2O6. The molecule has 1 atom stereocenters. The number of benzene rings is 2. The second-order valence-electron chi connectivity index (χ2n) is 7.04. The average molecular weight is 424 g/mol. The lowest BCUT2D eigenvalue weighted by atomic mass is 10.0. The third-order valence-corrected chi connectivity index (χ3v) is 4.80. The zero-order chi connectivity index (χ0) is 22.1. The van der Waals surface area contributed by atoms with Gasteiger partial charge in [-0.2, -0.15) is 0 Å². The first-order valence-electron chi connectivity index (χ1n) is 10.0. The second-order valence-corrected chi connectivity index (χ2v) is 7.04. The number of nitrogens with zero attached hydrogens (tertiary/aromatic N) is 1. The number of amides is 2. The molecule has 1 aliphatic heterocycles. The van der Waals surface area contributed by atoms with Gasteiger partial charge in [0, 0.05) is 25.9 Å². The highest BCUT2D eigenvalue weighted by Crippen LogP contribution is 2.17. The van der Waals surface area contributed by atoms with Gasteiger partial charge in [0.05, 0.1) is 0 Å². The Labute approximate surface area is 180 Å². The number of hydrogen-bond acceptors (Lipinski definition) is 6. The minimum Gasteiger partial charge on any atom is -0.459 e. The van der Waals surface area contributed by atoms with E-state index in [0.29, 0.717) is 13.0 Å². The van der Waals surface area contributed by atoms with Gasteiger partial charge in [-0.1, -0.05) is 60.7 Å². The summed E-state index contributed by atoms with van der Waals surface area (Å²) in [4.78, 5) is 50.1. The highest BCUT2D eigenvalue weighted by atomic mass is 16.5. The zero-order valence-electron chi connectivity index (χ0n) is 17.0. The van der Waals surface area contributed by atoms with Crippen LogP contribution in [0, 0.1) is 0 Å². The fourth-order valence-corrected chi connectivity index (χ4v) is 3.04. The van der Waals surface area contributed by atoms with Crippen molar-refractivity contribution in [3.63, 3.8) is 0 Å². The van der Waals surface area contributed by atoms with E-state index in [1.54, 1.807) is 12.1 Å². The van der Waals surface area contributed by atoms with E-state index in [9.17, 15) is 19.2 Å². The number of hydrogen-bond donors (Lipinski definition) is 1. The SMILES string of the molecule is O=C(NCCC(=O)C(C(=O)OCc1ccccc1)N1CCC1=O)OCc1ccccc1. The summed E-state index contributed by atoms with van der Waals surface area (Å²) in [6.45, 7) is 0.423. The van der Waals surface area contributed by atoms with Crippen molar-refractivity contribution >= 4 is 23.8 Å². The molecule has 1 N–H and O–H groups in total. The summed E-state index contributed by atoms with van der Waals surface area (Å²) >= 11 is 0. The third-order valence-electron chi connectivity index (χ3n) is 4.80. The lowest BCUT2D eigenvalue weighted by Crippen LogP contribution is -2.57. The molecule has 1 fully saturated rings. The standard InChI is InChI=1S/C23H24N2O6/c26-19(11-13-24-23(29)31-16-18-9-5-2-6-10-18)21(25-14-12-20(25)27)22(28)30-15-17-7-3-1-4-8-17/h1-10,21H,11-16H2,(H,24,29). The molecule has 0 spiro atoms. The number of ketones is 1. The first-order valence-corrected chi connectivity index (χ1v) is 10.0. The van der Waals surface area contributed by atoms with Gasteiger partial charge in [0.1, 0.15) is 13.2 Å². The van der Waals surface area contributed by atoms with E-state index in [1.807, 2.05) is 48.5 Å². The van der Waals surface area contributed by atoms with Crippen molar-refractivity contribution in [2.24, 2.45) is 0 Å². The Morgan fingerprint density at radius 1 is 0.903 bits per heavy atom. The summed E-state index contributed by atoms with van der Waals surface area (Å²) < 4.78 is 10.4. The molecule has 0 saturated carbocycles. The molecule has 31 heavy (non-hydrogen) atoms. The summed E-state index contributed by atoms with van der Waals surface area (Å²) in [5, 5.41) is 2.48. The van der Waals surface area contributed by atoms with Crippen LogP contribution >= 0.6 is 0 Å². The van der Waals surface area contributed by atoms with Gasteiger partial charge in [-0.15, -0.1) is 0 Å². The van der Waals surface area contributed by atoms with Crippen LogP contribution in [0.3, 0.4) is 0 Å². The average Bonchev–Trinajstić information content (AvgIpc) is 2.79. The molecule has 0 radical (unpaired) electrons. The van der Waals surface area contributed by atoms with Crippen LogP contribution in [0.5, 0.6) is 0 Å². The van der Waals surface area contributed by atoms with Crippen LogP contribution in [0.25, 0.3) is 0 Å². The van der Waals surface area contributed by atoms with Gasteiger partial charge in [-0.05, 0) is 11.1 Å². The van der Waals surface area contributed by atoms with E-state index in [1.165, 1.54) is 4.90 Å². The Morgan fingerprint density at radius 3 is 2.00 bits per heavy atom. The topological polar surface area (TPSA) is 102 Å². The number of carbonyl (C=O) groups is 4. The number of carbonyl (C=O) groups excluding carboxylic acids is 4. The number of β-lactam (4-membered cyclic amide) rings is 1. The van der Waals surface area contributed by atoms with Crippen molar-refractivity contribution in [3.05, 3.63) is 71.8 Å². The zero-order valence-corrected chi connectivity index (χ0v) is 17.0. The minimum atomic E-state index is -1.30. The first-order chi connectivity index (χ1) is 15.0. The molecule has 162 valence electrons. The number of Topliss-reactive ketones (excluding diaryl/α,β-unsaturated/α-hetero) is 1. The quantitative estimate of drug-likeness (QED) is 0.356. The van der Waals surface area contributed by atoms with Gasteiger partial charge >= 0.3 is 12.1 Å². The second kappa shape index (κ2) is 10.9. The molecule has 8 heteroatoms. The molecule has 2 aromatic rings. The number of ether oxygens (including phenoxy) is 2. The maximum absolute atomic E-state index is 12.6. The molecule has 3 rings (SSSR count). The fourth-order valence-electron chi connectivity index (χ4n) is 3.04. The molecule has 8 nitrogen and oxygen atoms in total. The van der Waals surface area contributed by atoms with Crippen LogP contribution in [0.15, 0.2) is 60.7 Å². The number of alkyl carbamates (subject to hydrolysis) is 1. The molecule has 0 bridgehead atoms. The van der Waals surface area contributed by atoms with Crippen LogP contribution in [-0.4, -0.2) is 47.8 Å². The maximum Gasteiger partial charge on any atom is 0.407 e. The maximum atomic E-state index is 12.6. The summed E-state index contributed by atoms with van der Waals surface area (Å²) in [5.41, 5.74) is 1.62. The predicted octanol–water partition coefficient (Wildman–Crippen LogP) is 2.22. The van der Waals surface area contributed by atoms with Crippen LogP contribution in [-0.2, 0) is 37.1 Å². The normalized spacial score (nSPS) is 13.7. The molecule has 0 aromatic heterocycles. The third kappa shape index (κ3) is 6.40. The number of rotatable bonds is 10.